The van der Waals surface area contributed by atoms with Gasteiger partial charge in [0, 0.05) is 39.1 Å². The number of ether oxygens (including phenoxy) is 1. The third-order valence-electron chi connectivity index (χ3n) is 4.99. The van der Waals surface area contributed by atoms with Crippen molar-refractivity contribution in [3.05, 3.63) is 35.9 Å². The molecule has 0 aliphatic carbocycles. The van der Waals surface area contributed by atoms with Gasteiger partial charge in [0.2, 0.25) is 11.8 Å². The van der Waals surface area contributed by atoms with Crippen molar-refractivity contribution in [2.45, 2.75) is 51.7 Å². The van der Waals surface area contributed by atoms with E-state index < -0.39 is 5.97 Å². The number of hydrogen-bond donors (Lipinski definition) is 1. The van der Waals surface area contributed by atoms with E-state index in [0.29, 0.717) is 45.6 Å². The van der Waals surface area contributed by atoms with Crippen molar-refractivity contribution < 1.29 is 24.2 Å². The van der Waals surface area contributed by atoms with E-state index >= 15 is 0 Å². The molecule has 1 unspecified atom stereocenters. The predicted octanol–water partition coefficient (Wildman–Crippen LogP) is 2.30. The number of carboxylic acids is 1. The normalized spacial score (nSPS) is 17.0. The summed E-state index contributed by atoms with van der Waals surface area (Å²) in [4.78, 5) is 38.5. The van der Waals surface area contributed by atoms with Crippen molar-refractivity contribution in [1.29, 1.82) is 0 Å². The Bertz CT molecular complexity index is 649. The second kappa shape index (κ2) is 11.4. The highest BCUT2D eigenvalue weighted by atomic mass is 16.5. The molecule has 2 rings (SSSR count). The van der Waals surface area contributed by atoms with E-state index in [1.807, 2.05) is 35.2 Å². The Balaban J connectivity index is 1.71. The molecule has 0 radical (unpaired) electrons. The summed E-state index contributed by atoms with van der Waals surface area (Å²) in [6.07, 6.45) is 3.21. The molecule has 1 N–H and O–H groups in total. The lowest BCUT2D eigenvalue weighted by molar-refractivity contribution is -0.145. The van der Waals surface area contributed by atoms with Gasteiger partial charge < -0.3 is 19.6 Å². The number of aliphatic carboxylic acids is 1. The molecule has 0 saturated carbocycles. The van der Waals surface area contributed by atoms with E-state index in [4.69, 9.17) is 9.84 Å². The predicted molar refractivity (Wildman–Crippen MR) is 105 cm³/mol. The van der Waals surface area contributed by atoms with E-state index in [1.54, 1.807) is 0 Å². The van der Waals surface area contributed by atoms with Crippen molar-refractivity contribution in [1.82, 2.24) is 9.80 Å². The molecule has 0 aromatic heterocycles. The minimum atomic E-state index is -1.01. The number of carbonyl (C=O) groups is 3. The maximum atomic E-state index is 12.5. The first-order chi connectivity index (χ1) is 13.5. The van der Waals surface area contributed by atoms with Gasteiger partial charge >= 0.3 is 5.97 Å². The zero-order valence-corrected chi connectivity index (χ0v) is 16.5. The number of amides is 2. The minimum absolute atomic E-state index is 0.0940. The fourth-order valence-electron chi connectivity index (χ4n) is 3.53. The molecule has 1 heterocycles. The quantitative estimate of drug-likeness (QED) is 0.654. The molecule has 2 amide bonds. The lowest BCUT2D eigenvalue weighted by atomic mass is 10.1. The largest absolute Gasteiger partial charge is 0.480 e. The number of carbonyl (C=O) groups excluding carboxylic acids is 2. The average molecular weight is 390 g/mol. The van der Waals surface area contributed by atoms with Crippen LogP contribution in [0.5, 0.6) is 0 Å². The Morgan fingerprint density at radius 1 is 1.18 bits per heavy atom. The molecule has 154 valence electrons. The van der Waals surface area contributed by atoms with Crippen molar-refractivity contribution in [3.8, 4) is 0 Å². The van der Waals surface area contributed by atoms with Gasteiger partial charge in [-0.3, -0.25) is 14.4 Å². The summed E-state index contributed by atoms with van der Waals surface area (Å²) in [5.74, 6) is -1.15. The van der Waals surface area contributed by atoms with Gasteiger partial charge in [0.05, 0.1) is 6.61 Å². The van der Waals surface area contributed by atoms with E-state index in [-0.39, 0.29) is 24.4 Å². The summed E-state index contributed by atoms with van der Waals surface area (Å²) in [5.41, 5.74) is 1.11. The Labute approximate surface area is 166 Å². The molecule has 28 heavy (non-hydrogen) atoms. The molecule has 1 aliphatic heterocycles. The number of benzene rings is 1. The zero-order chi connectivity index (χ0) is 20.4. The van der Waals surface area contributed by atoms with Crippen LogP contribution in [0.15, 0.2) is 30.3 Å². The maximum Gasteiger partial charge on any atom is 0.323 e. The fraction of sp³-hybridized carbons (Fsp3) is 0.571. The monoisotopic (exact) mass is 390 g/mol. The number of carboxylic acid groups (broad SMARTS) is 1. The van der Waals surface area contributed by atoms with Gasteiger partial charge in [0.1, 0.15) is 6.54 Å². The van der Waals surface area contributed by atoms with Crippen LogP contribution in [0.4, 0.5) is 0 Å². The second-order valence-electron chi connectivity index (χ2n) is 7.15. The van der Waals surface area contributed by atoms with Gasteiger partial charge in [0.25, 0.3) is 0 Å². The van der Waals surface area contributed by atoms with Crippen LogP contribution in [-0.2, 0) is 25.7 Å². The third-order valence-corrected chi connectivity index (χ3v) is 4.99. The lowest BCUT2D eigenvalue weighted by Gasteiger charge is -2.28. The third kappa shape index (κ3) is 7.31. The summed E-state index contributed by atoms with van der Waals surface area (Å²) >= 11 is 0. The SMILES string of the molecule is CC(=O)N(CC(=O)O)C1CCCN(C(=O)CCCOCc2ccccc2)CC1. The Hall–Kier alpha value is -2.41. The van der Waals surface area contributed by atoms with Gasteiger partial charge in [-0.25, -0.2) is 0 Å². The van der Waals surface area contributed by atoms with Gasteiger partial charge in [-0.15, -0.1) is 0 Å². The van der Waals surface area contributed by atoms with Crippen molar-refractivity contribution >= 4 is 17.8 Å². The van der Waals surface area contributed by atoms with E-state index in [9.17, 15) is 14.4 Å². The molecule has 1 fully saturated rings. The molecule has 1 aromatic carbocycles. The van der Waals surface area contributed by atoms with E-state index in [2.05, 4.69) is 0 Å². The number of likely N-dealkylation sites (tertiary alicyclic amines) is 1. The molecule has 1 saturated heterocycles. The summed E-state index contributed by atoms with van der Waals surface area (Å²) < 4.78 is 5.62. The van der Waals surface area contributed by atoms with Crippen LogP contribution in [0.1, 0.15) is 44.6 Å². The topological polar surface area (TPSA) is 87.2 Å². The van der Waals surface area contributed by atoms with Crippen molar-refractivity contribution in [3.63, 3.8) is 0 Å². The van der Waals surface area contributed by atoms with Gasteiger partial charge in [-0.1, -0.05) is 30.3 Å². The molecule has 0 bridgehead atoms. The highest BCUT2D eigenvalue weighted by Gasteiger charge is 2.27. The maximum absolute atomic E-state index is 12.5. The Morgan fingerprint density at radius 2 is 1.93 bits per heavy atom. The highest BCUT2D eigenvalue weighted by Crippen LogP contribution is 2.18. The fourth-order valence-corrected chi connectivity index (χ4v) is 3.53. The number of nitrogens with zero attached hydrogens (tertiary/aromatic N) is 2. The molecule has 1 aliphatic rings. The first-order valence-corrected chi connectivity index (χ1v) is 9.86. The molecule has 0 spiro atoms. The Kier molecular flexibility index (Phi) is 8.94. The van der Waals surface area contributed by atoms with Crippen LogP contribution in [0.25, 0.3) is 0 Å². The molecule has 1 atom stereocenters. The van der Waals surface area contributed by atoms with Crippen molar-refractivity contribution in [2.24, 2.45) is 0 Å². The number of rotatable bonds is 9. The molecular weight excluding hydrogens is 360 g/mol. The van der Waals surface area contributed by atoms with Crippen LogP contribution in [0.2, 0.25) is 0 Å². The van der Waals surface area contributed by atoms with E-state index in [1.165, 1.54) is 11.8 Å². The van der Waals surface area contributed by atoms with Crippen LogP contribution in [-0.4, -0.2) is 65.0 Å². The average Bonchev–Trinajstić information content (AvgIpc) is 2.92. The zero-order valence-electron chi connectivity index (χ0n) is 16.5. The Morgan fingerprint density at radius 3 is 2.61 bits per heavy atom. The van der Waals surface area contributed by atoms with Gasteiger partial charge in [0.15, 0.2) is 0 Å². The number of hydrogen-bond acceptors (Lipinski definition) is 4. The lowest BCUT2D eigenvalue weighted by Crippen LogP contribution is -2.43. The molecule has 1 aromatic rings. The summed E-state index contributed by atoms with van der Waals surface area (Å²) in [5, 5.41) is 9.02. The molecule has 7 nitrogen and oxygen atoms in total. The van der Waals surface area contributed by atoms with Crippen molar-refractivity contribution in [2.75, 3.05) is 26.2 Å². The smallest absolute Gasteiger partial charge is 0.323 e. The van der Waals surface area contributed by atoms with Gasteiger partial charge in [-0.2, -0.15) is 0 Å². The minimum Gasteiger partial charge on any atom is -0.480 e. The van der Waals surface area contributed by atoms with E-state index in [0.717, 1.165) is 18.4 Å². The second-order valence-corrected chi connectivity index (χ2v) is 7.15. The summed E-state index contributed by atoms with van der Waals surface area (Å²) in [6, 6.07) is 9.80. The standard InChI is InChI=1S/C21H30N2O5/c1-17(24)23(15-21(26)27)19-9-5-12-22(13-11-19)20(25)10-6-14-28-16-18-7-3-2-4-8-18/h2-4,7-8,19H,5-6,9-16H2,1H3,(H,26,27). The first-order valence-electron chi connectivity index (χ1n) is 9.86. The first kappa shape index (κ1) is 21.9. The summed E-state index contributed by atoms with van der Waals surface area (Å²) in [6.45, 7) is 3.40. The molecule has 7 heteroatoms. The van der Waals surface area contributed by atoms with Crippen LogP contribution in [0.3, 0.4) is 0 Å². The molecular formula is C21H30N2O5. The highest BCUT2D eigenvalue weighted by molar-refractivity contribution is 5.80. The van der Waals surface area contributed by atoms with Crippen LogP contribution < -0.4 is 0 Å². The summed E-state index contributed by atoms with van der Waals surface area (Å²) in [7, 11) is 0. The van der Waals surface area contributed by atoms with Gasteiger partial charge in [-0.05, 0) is 31.2 Å². The van der Waals surface area contributed by atoms with Crippen LogP contribution >= 0.6 is 0 Å². The van der Waals surface area contributed by atoms with Crippen LogP contribution in [0, 0.1) is 0 Å².